The van der Waals surface area contributed by atoms with Gasteiger partial charge in [-0.15, -0.1) is 12.4 Å². The lowest BCUT2D eigenvalue weighted by Gasteiger charge is -2.34. The first-order valence-corrected chi connectivity index (χ1v) is 9.75. The first-order valence-electron chi connectivity index (χ1n) is 9.75. The molecule has 3 rings (SSSR count). The lowest BCUT2D eigenvalue weighted by Crippen LogP contribution is -2.47. The van der Waals surface area contributed by atoms with E-state index in [9.17, 15) is 4.79 Å². The molecular formula is C21H33ClN2O. The molecule has 1 aliphatic heterocycles. The Morgan fingerprint density at radius 1 is 1.28 bits per heavy atom. The molecule has 1 aromatic carbocycles. The Hall–Kier alpha value is -1.06. The van der Waals surface area contributed by atoms with Crippen molar-refractivity contribution in [1.82, 2.24) is 4.90 Å². The molecule has 1 unspecified atom stereocenters. The fraction of sp³-hybridized carbons (Fsp3) is 0.667. The van der Waals surface area contributed by atoms with E-state index < -0.39 is 0 Å². The summed E-state index contributed by atoms with van der Waals surface area (Å²) in [5.41, 5.74) is 3.58. The van der Waals surface area contributed by atoms with Crippen LogP contribution in [-0.4, -0.2) is 29.9 Å². The minimum atomic E-state index is 0. The van der Waals surface area contributed by atoms with E-state index in [0.29, 0.717) is 5.92 Å². The largest absolute Gasteiger partial charge is 0.324 e. The van der Waals surface area contributed by atoms with E-state index in [-0.39, 0.29) is 24.4 Å². The molecule has 1 aromatic rings. The van der Waals surface area contributed by atoms with Crippen LogP contribution in [0.5, 0.6) is 0 Å². The molecular weight excluding hydrogens is 332 g/mol. The number of carbonyl (C=O) groups is 1. The number of carbonyl (C=O) groups excluding carboxylic acids is 1. The number of piperidine rings is 1. The number of amides is 1. The van der Waals surface area contributed by atoms with Crippen LogP contribution in [0.15, 0.2) is 18.2 Å². The highest BCUT2D eigenvalue weighted by atomic mass is 35.5. The summed E-state index contributed by atoms with van der Waals surface area (Å²) in [4.78, 5) is 15.1. The monoisotopic (exact) mass is 364 g/mol. The van der Waals surface area contributed by atoms with E-state index in [1.807, 2.05) is 0 Å². The number of hydrogen-bond donors (Lipinski definition) is 1. The Morgan fingerprint density at radius 2 is 2.04 bits per heavy atom. The van der Waals surface area contributed by atoms with Crippen molar-refractivity contribution in [3.8, 4) is 0 Å². The van der Waals surface area contributed by atoms with Crippen LogP contribution in [0.25, 0.3) is 0 Å². The summed E-state index contributed by atoms with van der Waals surface area (Å²) in [5, 5.41) is 3.20. The number of likely N-dealkylation sites (tertiary alicyclic amines) is 1. The van der Waals surface area contributed by atoms with Gasteiger partial charge in [0.05, 0.1) is 6.04 Å². The Kier molecular flexibility index (Phi) is 7.33. The molecule has 1 saturated heterocycles. The number of nitrogens with one attached hydrogen (secondary N) is 1. The van der Waals surface area contributed by atoms with Crippen LogP contribution in [0.1, 0.15) is 69.4 Å². The number of nitrogens with zero attached hydrogens (tertiary/aromatic N) is 1. The standard InChI is InChI=1S/C21H32N2O.ClH/c1-4-12-23-13-6-5-7-20(23)21(24)22-19-11-10-18(14-15(19)2)16(3)17-8-9-17;/h10-11,14,16-17,20H,4-9,12-13H2,1-3H3,(H,22,24);1H/t16?,20-;/m0./s1. The van der Waals surface area contributed by atoms with E-state index in [0.717, 1.165) is 44.0 Å². The van der Waals surface area contributed by atoms with Crippen molar-refractivity contribution in [1.29, 1.82) is 0 Å². The third-order valence-corrected chi connectivity index (χ3v) is 5.79. The molecule has 1 heterocycles. The van der Waals surface area contributed by atoms with E-state index >= 15 is 0 Å². The zero-order valence-electron chi connectivity index (χ0n) is 15.9. The van der Waals surface area contributed by atoms with Crippen LogP contribution in [0.2, 0.25) is 0 Å². The van der Waals surface area contributed by atoms with Gasteiger partial charge in [-0.05, 0) is 81.1 Å². The number of rotatable bonds is 6. The zero-order chi connectivity index (χ0) is 17.1. The molecule has 1 saturated carbocycles. The number of benzene rings is 1. The second-order valence-electron chi connectivity index (χ2n) is 7.74. The van der Waals surface area contributed by atoms with E-state index in [1.165, 1.54) is 30.4 Å². The highest BCUT2D eigenvalue weighted by Gasteiger charge is 2.30. The fourth-order valence-corrected chi connectivity index (χ4v) is 4.04. The molecule has 25 heavy (non-hydrogen) atoms. The fourth-order valence-electron chi connectivity index (χ4n) is 4.04. The first kappa shape index (κ1) is 20.3. The molecule has 2 atom stereocenters. The molecule has 0 aromatic heterocycles. The summed E-state index contributed by atoms with van der Waals surface area (Å²) in [6, 6.07) is 6.62. The first-order chi connectivity index (χ1) is 11.6. The smallest absolute Gasteiger partial charge is 0.241 e. The van der Waals surface area contributed by atoms with Crippen molar-refractivity contribution in [2.75, 3.05) is 18.4 Å². The molecule has 3 nitrogen and oxygen atoms in total. The van der Waals surface area contributed by atoms with E-state index in [4.69, 9.17) is 0 Å². The highest BCUT2D eigenvalue weighted by molar-refractivity contribution is 5.95. The van der Waals surface area contributed by atoms with Crippen LogP contribution in [0.3, 0.4) is 0 Å². The van der Waals surface area contributed by atoms with Crippen molar-refractivity contribution in [2.24, 2.45) is 5.92 Å². The number of halogens is 1. The molecule has 1 amide bonds. The minimum Gasteiger partial charge on any atom is -0.324 e. The van der Waals surface area contributed by atoms with Gasteiger partial charge in [0.25, 0.3) is 0 Å². The van der Waals surface area contributed by atoms with Gasteiger partial charge in [0.15, 0.2) is 0 Å². The van der Waals surface area contributed by atoms with Gasteiger partial charge >= 0.3 is 0 Å². The molecule has 140 valence electrons. The molecule has 0 bridgehead atoms. The molecule has 2 aliphatic rings. The Bertz CT molecular complexity index is 583. The highest BCUT2D eigenvalue weighted by Crippen LogP contribution is 2.42. The van der Waals surface area contributed by atoms with Crippen molar-refractivity contribution < 1.29 is 4.79 Å². The Labute approximate surface area is 159 Å². The molecule has 0 radical (unpaired) electrons. The van der Waals surface area contributed by atoms with E-state index in [2.05, 4.69) is 49.2 Å². The maximum absolute atomic E-state index is 12.8. The number of hydrogen-bond acceptors (Lipinski definition) is 2. The normalized spacial score (nSPS) is 22.1. The molecule has 1 N–H and O–H groups in total. The van der Waals surface area contributed by atoms with Gasteiger partial charge in [-0.25, -0.2) is 0 Å². The van der Waals surface area contributed by atoms with Crippen LogP contribution in [0, 0.1) is 12.8 Å². The van der Waals surface area contributed by atoms with Crippen molar-refractivity contribution in [3.63, 3.8) is 0 Å². The summed E-state index contributed by atoms with van der Waals surface area (Å²) < 4.78 is 0. The molecule has 0 spiro atoms. The van der Waals surface area contributed by atoms with Crippen LogP contribution >= 0.6 is 12.4 Å². The number of anilines is 1. The third-order valence-electron chi connectivity index (χ3n) is 5.79. The number of aryl methyl sites for hydroxylation is 1. The average Bonchev–Trinajstić information content (AvgIpc) is 3.42. The van der Waals surface area contributed by atoms with Gasteiger partial charge in [0.2, 0.25) is 5.91 Å². The van der Waals surface area contributed by atoms with Gasteiger partial charge in [-0.1, -0.05) is 32.4 Å². The summed E-state index contributed by atoms with van der Waals surface area (Å²) >= 11 is 0. The van der Waals surface area contributed by atoms with Crippen LogP contribution in [-0.2, 0) is 4.79 Å². The molecule has 4 heteroatoms. The van der Waals surface area contributed by atoms with Crippen molar-refractivity contribution in [3.05, 3.63) is 29.3 Å². The summed E-state index contributed by atoms with van der Waals surface area (Å²) in [6.07, 6.45) is 7.21. The minimum absolute atomic E-state index is 0. The van der Waals surface area contributed by atoms with Crippen molar-refractivity contribution in [2.45, 2.75) is 71.3 Å². The van der Waals surface area contributed by atoms with Gasteiger partial charge < -0.3 is 5.32 Å². The summed E-state index contributed by atoms with van der Waals surface area (Å²) in [5.74, 6) is 1.69. The van der Waals surface area contributed by atoms with E-state index in [1.54, 1.807) is 0 Å². The summed E-state index contributed by atoms with van der Waals surface area (Å²) in [6.45, 7) is 8.71. The van der Waals surface area contributed by atoms with Crippen molar-refractivity contribution >= 4 is 24.0 Å². The third kappa shape index (κ3) is 4.98. The predicted octanol–water partition coefficient (Wildman–Crippen LogP) is 5.13. The second kappa shape index (κ2) is 9.05. The SMILES string of the molecule is CCCN1CCCC[C@H]1C(=O)Nc1ccc(C(C)C2CC2)cc1C.Cl. The Morgan fingerprint density at radius 3 is 2.68 bits per heavy atom. The lowest BCUT2D eigenvalue weighted by molar-refractivity contribution is -0.122. The quantitative estimate of drug-likeness (QED) is 0.758. The second-order valence-corrected chi connectivity index (χ2v) is 7.74. The maximum atomic E-state index is 12.8. The lowest BCUT2D eigenvalue weighted by atomic mass is 9.94. The van der Waals surface area contributed by atoms with Gasteiger partial charge in [-0.2, -0.15) is 0 Å². The molecule has 2 fully saturated rings. The van der Waals surface area contributed by atoms with Gasteiger partial charge in [-0.3, -0.25) is 9.69 Å². The topological polar surface area (TPSA) is 32.3 Å². The van der Waals surface area contributed by atoms with Gasteiger partial charge in [0.1, 0.15) is 0 Å². The maximum Gasteiger partial charge on any atom is 0.241 e. The zero-order valence-corrected chi connectivity index (χ0v) is 16.7. The average molecular weight is 365 g/mol. The van der Waals surface area contributed by atoms with Crippen LogP contribution < -0.4 is 5.32 Å². The van der Waals surface area contributed by atoms with Crippen LogP contribution in [0.4, 0.5) is 5.69 Å². The predicted molar refractivity (Wildman–Crippen MR) is 108 cm³/mol. The van der Waals surface area contributed by atoms with Gasteiger partial charge in [0, 0.05) is 5.69 Å². The Balaban J connectivity index is 0.00000225. The summed E-state index contributed by atoms with van der Waals surface area (Å²) in [7, 11) is 0. The molecule has 1 aliphatic carbocycles.